The Labute approximate surface area is 81.7 Å². The highest BCUT2D eigenvalue weighted by Gasteiger charge is 2.09. The van der Waals surface area contributed by atoms with Gasteiger partial charge in [-0.2, -0.15) is 0 Å². The normalized spacial score (nSPS) is 11.2. The molecule has 0 bridgehead atoms. The van der Waals surface area contributed by atoms with Crippen LogP contribution in [0.15, 0.2) is 23.4 Å². The van der Waals surface area contributed by atoms with Crippen molar-refractivity contribution in [1.29, 1.82) is 0 Å². The third kappa shape index (κ3) is 2.46. The van der Waals surface area contributed by atoms with E-state index in [0.29, 0.717) is 5.56 Å². The van der Waals surface area contributed by atoms with E-state index < -0.39 is 9.84 Å². The number of nitrogens with two attached hydrogens (primary N) is 1. The molecule has 4 nitrogen and oxygen atoms in total. The quantitative estimate of drug-likeness (QED) is 0.711. The Bertz CT molecular complexity index is 440. The molecule has 0 saturated heterocycles. The van der Waals surface area contributed by atoms with Crippen molar-refractivity contribution in [1.82, 2.24) is 4.98 Å². The smallest absolute Gasteiger partial charge is 0.192 e. The first-order valence-electron chi connectivity index (χ1n) is 3.37. The van der Waals surface area contributed by atoms with Gasteiger partial charge >= 0.3 is 0 Å². The number of rotatable bonds is 2. The molecule has 70 valence electrons. The fourth-order valence-corrected chi connectivity index (χ4v) is 1.49. The van der Waals surface area contributed by atoms with Crippen LogP contribution in [0.4, 0.5) is 0 Å². The number of hydrogen-bond acceptors (Lipinski definition) is 4. The number of nitrogens with zero attached hydrogens (tertiary/aromatic N) is 1. The summed E-state index contributed by atoms with van der Waals surface area (Å²) in [6, 6.07) is 2.93. The van der Waals surface area contributed by atoms with Gasteiger partial charge in [0.25, 0.3) is 0 Å². The highest BCUT2D eigenvalue weighted by molar-refractivity contribution is 7.90. The minimum atomic E-state index is -3.29. The molecule has 0 spiro atoms. The van der Waals surface area contributed by atoms with Crippen molar-refractivity contribution >= 4 is 27.0 Å². The van der Waals surface area contributed by atoms with Gasteiger partial charge in [0.15, 0.2) is 14.9 Å². The van der Waals surface area contributed by atoms with E-state index in [-0.39, 0.29) is 10.0 Å². The third-order valence-electron chi connectivity index (χ3n) is 1.40. The third-order valence-corrected chi connectivity index (χ3v) is 2.62. The molecule has 0 saturated carbocycles. The lowest BCUT2D eigenvalue weighted by atomic mass is 10.3. The molecule has 1 rings (SSSR count). The van der Waals surface area contributed by atoms with Gasteiger partial charge in [-0.15, -0.1) is 0 Å². The van der Waals surface area contributed by atoms with Crippen molar-refractivity contribution in [3.63, 3.8) is 0 Å². The van der Waals surface area contributed by atoms with Crippen LogP contribution in [0.2, 0.25) is 0 Å². The largest absolute Gasteiger partial charge is 0.389 e. The van der Waals surface area contributed by atoms with Gasteiger partial charge in [-0.05, 0) is 12.1 Å². The number of aromatic nitrogens is 1. The lowest BCUT2D eigenvalue weighted by molar-refractivity contribution is 0.598. The summed E-state index contributed by atoms with van der Waals surface area (Å²) in [6.45, 7) is 0. The zero-order chi connectivity index (χ0) is 10.1. The van der Waals surface area contributed by atoms with Gasteiger partial charge in [0, 0.05) is 18.0 Å². The van der Waals surface area contributed by atoms with Crippen LogP contribution in [0.25, 0.3) is 0 Å². The first-order chi connectivity index (χ1) is 5.91. The summed E-state index contributed by atoms with van der Waals surface area (Å²) >= 11 is 4.70. The maximum absolute atomic E-state index is 11.1. The molecule has 0 aromatic carbocycles. The van der Waals surface area contributed by atoms with Crippen LogP contribution >= 0.6 is 12.2 Å². The molecule has 1 aromatic heterocycles. The minimum Gasteiger partial charge on any atom is -0.389 e. The Morgan fingerprint density at radius 1 is 1.62 bits per heavy atom. The van der Waals surface area contributed by atoms with Gasteiger partial charge < -0.3 is 5.73 Å². The minimum absolute atomic E-state index is 0.0159. The van der Waals surface area contributed by atoms with Gasteiger partial charge in [0.05, 0.1) is 0 Å². The molecule has 0 fully saturated rings. The van der Waals surface area contributed by atoms with Crippen molar-refractivity contribution in [2.24, 2.45) is 5.73 Å². The van der Waals surface area contributed by atoms with Crippen LogP contribution in [0.1, 0.15) is 5.56 Å². The van der Waals surface area contributed by atoms with Gasteiger partial charge in [-0.1, -0.05) is 12.2 Å². The van der Waals surface area contributed by atoms with Gasteiger partial charge in [-0.25, -0.2) is 13.4 Å². The van der Waals surface area contributed by atoms with E-state index >= 15 is 0 Å². The summed E-state index contributed by atoms with van der Waals surface area (Å²) in [4.78, 5) is 3.85. The lowest BCUT2D eigenvalue weighted by Gasteiger charge is -2.00. The van der Waals surface area contributed by atoms with E-state index in [4.69, 9.17) is 18.0 Å². The summed E-state index contributed by atoms with van der Waals surface area (Å²) < 4.78 is 22.1. The predicted molar refractivity (Wildman–Crippen MR) is 53.2 cm³/mol. The Kier molecular flexibility index (Phi) is 2.63. The fraction of sp³-hybridized carbons (Fsp3) is 0.143. The van der Waals surface area contributed by atoms with E-state index in [9.17, 15) is 8.42 Å². The molecule has 1 aromatic rings. The summed E-state index contributed by atoms with van der Waals surface area (Å²) in [5.74, 6) is 0. The summed E-state index contributed by atoms with van der Waals surface area (Å²) in [5.41, 5.74) is 5.84. The monoisotopic (exact) mass is 216 g/mol. The first-order valence-corrected chi connectivity index (χ1v) is 5.67. The standard InChI is InChI=1S/C7H8N2O2S2/c1-13(10,11)6-4-5(7(8)12)2-3-9-6/h2-4H,1H3,(H2,8,12). The molecule has 0 aliphatic rings. The molecule has 1 heterocycles. The molecule has 2 N–H and O–H groups in total. The predicted octanol–water partition coefficient (Wildman–Crippen LogP) is 0.119. The van der Waals surface area contributed by atoms with E-state index in [2.05, 4.69) is 4.98 Å². The molecule has 0 unspecified atom stereocenters. The van der Waals surface area contributed by atoms with Crippen LogP contribution in [-0.4, -0.2) is 24.6 Å². The highest BCUT2D eigenvalue weighted by atomic mass is 32.2. The van der Waals surface area contributed by atoms with Crippen molar-refractivity contribution in [2.45, 2.75) is 5.03 Å². The Hall–Kier alpha value is -1.01. The maximum Gasteiger partial charge on any atom is 0.192 e. The van der Waals surface area contributed by atoms with E-state index in [1.54, 1.807) is 6.07 Å². The van der Waals surface area contributed by atoms with E-state index in [1.165, 1.54) is 12.3 Å². The van der Waals surface area contributed by atoms with Crippen LogP contribution in [-0.2, 0) is 9.84 Å². The average Bonchev–Trinajstić information content (AvgIpc) is 2.03. The van der Waals surface area contributed by atoms with Gasteiger partial charge in [-0.3, -0.25) is 0 Å². The Morgan fingerprint density at radius 2 is 2.23 bits per heavy atom. The lowest BCUT2D eigenvalue weighted by Crippen LogP contribution is -2.11. The second-order valence-corrected chi connectivity index (χ2v) is 4.92. The van der Waals surface area contributed by atoms with Crippen molar-refractivity contribution in [3.8, 4) is 0 Å². The second-order valence-electron chi connectivity index (χ2n) is 2.52. The van der Waals surface area contributed by atoms with Crippen LogP contribution in [0.5, 0.6) is 0 Å². The molecule has 0 aliphatic heterocycles. The number of thiocarbonyl (C=S) groups is 1. The first kappa shape index (κ1) is 10.1. The number of hydrogen-bond donors (Lipinski definition) is 1. The fourth-order valence-electron chi connectivity index (χ4n) is 0.765. The molecule has 0 aliphatic carbocycles. The molecule has 0 amide bonds. The maximum atomic E-state index is 11.1. The zero-order valence-electron chi connectivity index (χ0n) is 6.89. The van der Waals surface area contributed by atoms with Crippen molar-refractivity contribution < 1.29 is 8.42 Å². The van der Waals surface area contributed by atoms with Crippen LogP contribution in [0, 0.1) is 0 Å². The summed E-state index contributed by atoms with van der Waals surface area (Å²) in [7, 11) is -3.29. The topological polar surface area (TPSA) is 73.0 Å². The number of pyridine rings is 1. The van der Waals surface area contributed by atoms with Crippen LogP contribution < -0.4 is 5.73 Å². The zero-order valence-corrected chi connectivity index (χ0v) is 8.52. The number of sulfone groups is 1. The molecular weight excluding hydrogens is 208 g/mol. The second kappa shape index (κ2) is 3.39. The van der Waals surface area contributed by atoms with Crippen LogP contribution in [0.3, 0.4) is 0 Å². The van der Waals surface area contributed by atoms with Gasteiger partial charge in [0.2, 0.25) is 0 Å². The molecule has 0 atom stereocenters. The van der Waals surface area contributed by atoms with Crippen molar-refractivity contribution in [3.05, 3.63) is 23.9 Å². The van der Waals surface area contributed by atoms with E-state index in [1.807, 2.05) is 0 Å². The average molecular weight is 216 g/mol. The van der Waals surface area contributed by atoms with E-state index in [0.717, 1.165) is 6.26 Å². The molecule has 6 heteroatoms. The van der Waals surface area contributed by atoms with Gasteiger partial charge in [0.1, 0.15) is 4.99 Å². The molecule has 13 heavy (non-hydrogen) atoms. The highest BCUT2D eigenvalue weighted by Crippen LogP contribution is 2.07. The molecule has 0 radical (unpaired) electrons. The summed E-state index contributed by atoms with van der Waals surface area (Å²) in [6.07, 6.45) is 2.45. The Balaban J connectivity index is 3.29. The SMILES string of the molecule is CS(=O)(=O)c1cc(C(N)=S)ccn1. The molecular formula is C7H8N2O2S2. The summed E-state index contributed by atoms with van der Waals surface area (Å²) in [5, 5.41) is -0.0159. The van der Waals surface area contributed by atoms with Crippen molar-refractivity contribution in [2.75, 3.05) is 6.26 Å². The Morgan fingerprint density at radius 3 is 2.69 bits per heavy atom.